The Labute approximate surface area is 198 Å². The van der Waals surface area contributed by atoms with Gasteiger partial charge in [-0.2, -0.15) is 8.78 Å². The number of anilines is 1. The highest BCUT2D eigenvalue weighted by Gasteiger charge is 2.34. The molecule has 9 nitrogen and oxygen atoms in total. The Morgan fingerprint density at radius 3 is 2.80 bits per heavy atom. The third-order valence-corrected chi connectivity index (χ3v) is 5.86. The quantitative estimate of drug-likeness (QED) is 0.340. The van der Waals surface area contributed by atoms with Crippen LogP contribution in [0.3, 0.4) is 0 Å². The van der Waals surface area contributed by atoms with Gasteiger partial charge in [-0.15, -0.1) is 0 Å². The molecule has 0 spiro atoms. The van der Waals surface area contributed by atoms with Crippen LogP contribution in [0.25, 0.3) is 10.9 Å². The molecular weight excluding hydrogens is 456 g/mol. The second kappa shape index (κ2) is 9.24. The van der Waals surface area contributed by atoms with Crippen molar-refractivity contribution in [3.63, 3.8) is 0 Å². The molecule has 1 aliphatic rings. The average Bonchev–Trinajstić information content (AvgIpc) is 3.60. The van der Waals surface area contributed by atoms with Crippen molar-refractivity contribution in [2.24, 2.45) is 0 Å². The summed E-state index contributed by atoms with van der Waals surface area (Å²) in [6.07, 6.45) is 8.02. The monoisotopic (exact) mass is 479 g/mol. The number of carbonyl (C=O) groups is 1. The molecule has 1 aliphatic carbocycles. The number of alkyl halides is 2. The number of nitrogens with zero attached hydrogens (tertiary/aromatic N) is 4. The molecule has 0 saturated heterocycles. The minimum absolute atomic E-state index is 0.129. The Kier molecular flexibility index (Phi) is 5.98. The van der Waals surface area contributed by atoms with Crippen molar-refractivity contribution in [3.8, 4) is 0 Å². The number of H-pyrrole nitrogens is 1. The standard InChI is InChI=1S/C24H23F2N7O2/c25-24(26,20-3-1-2-7-28-20)14-32-22-23(35)33(19(12-31-22)15-4-5-15)13-21(34)30-10-17-9-16-6-8-27-18(16)11-29-17/h1-3,6-9,11-12,15,27H,4-5,10,13-14H2,(H,30,34)(H,31,32). The van der Waals surface area contributed by atoms with Gasteiger partial charge in [0.1, 0.15) is 12.2 Å². The molecule has 11 heteroatoms. The van der Waals surface area contributed by atoms with Crippen molar-refractivity contribution in [1.82, 2.24) is 29.8 Å². The van der Waals surface area contributed by atoms with Gasteiger partial charge in [0.2, 0.25) is 5.91 Å². The molecule has 4 aromatic heterocycles. The lowest BCUT2D eigenvalue weighted by Gasteiger charge is -2.18. The van der Waals surface area contributed by atoms with Crippen LogP contribution < -0.4 is 16.2 Å². The van der Waals surface area contributed by atoms with Crippen LogP contribution in [-0.4, -0.2) is 37.0 Å². The zero-order chi connectivity index (χ0) is 24.4. The average molecular weight is 479 g/mol. The van der Waals surface area contributed by atoms with Gasteiger partial charge in [-0.3, -0.25) is 24.1 Å². The predicted molar refractivity (Wildman–Crippen MR) is 125 cm³/mol. The first-order valence-electron chi connectivity index (χ1n) is 11.2. The first-order valence-corrected chi connectivity index (χ1v) is 11.2. The number of aromatic nitrogens is 5. The highest BCUT2D eigenvalue weighted by molar-refractivity contribution is 5.79. The smallest absolute Gasteiger partial charge is 0.306 e. The molecule has 0 radical (unpaired) electrons. The Morgan fingerprint density at radius 1 is 1.17 bits per heavy atom. The highest BCUT2D eigenvalue weighted by Crippen LogP contribution is 2.39. The van der Waals surface area contributed by atoms with Gasteiger partial charge >= 0.3 is 5.92 Å². The van der Waals surface area contributed by atoms with Gasteiger partial charge < -0.3 is 15.6 Å². The zero-order valence-corrected chi connectivity index (χ0v) is 18.7. The summed E-state index contributed by atoms with van der Waals surface area (Å²) in [5.41, 5.74) is 1.17. The van der Waals surface area contributed by atoms with Gasteiger partial charge in [0, 0.05) is 35.6 Å². The van der Waals surface area contributed by atoms with Gasteiger partial charge in [0.15, 0.2) is 5.82 Å². The van der Waals surface area contributed by atoms with E-state index in [4.69, 9.17) is 0 Å². The molecule has 5 rings (SSSR count). The molecule has 0 aromatic carbocycles. The number of amides is 1. The normalized spacial score (nSPS) is 13.7. The van der Waals surface area contributed by atoms with Crippen molar-refractivity contribution in [2.45, 2.75) is 37.8 Å². The van der Waals surface area contributed by atoms with Crippen molar-refractivity contribution >= 4 is 22.6 Å². The minimum Gasteiger partial charge on any atom is -0.360 e. The molecule has 1 amide bonds. The van der Waals surface area contributed by atoms with E-state index in [2.05, 4.69) is 30.6 Å². The summed E-state index contributed by atoms with van der Waals surface area (Å²) in [7, 11) is 0. The van der Waals surface area contributed by atoms with E-state index in [0.717, 1.165) is 23.7 Å². The number of nitrogens with one attached hydrogen (secondary N) is 3. The van der Waals surface area contributed by atoms with Gasteiger partial charge in [-0.1, -0.05) is 6.07 Å². The van der Waals surface area contributed by atoms with Crippen molar-refractivity contribution in [1.29, 1.82) is 0 Å². The fourth-order valence-corrected chi connectivity index (χ4v) is 3.84. The lowest BCUT2D eigenvalue weighted by atomic mass is 10.2. The summed E-state index contributed by atoms with van der Waals surface area (Å²) in [4.78, 5) is 40.9. The molecule has 180 valence electrons. The van der Waals surface area contributed by atoms with E-state index in [1.807, 2.05) is 18.3 Å². The molecule has 0 unspecified atom stereocenters. The Balaban J connectivity index is 1.29. The maximum absolute atomic E-state index is 14.5. The number of hydrogen-bond acceptors (Lipinski definition) is 6. The maximum Gasteiger partial charge on any atom is 0.306 e. The number of fused-ring (bicyclic) bond motifs is 1. The van der Waals surface area contributed by atoms with E-state index in [0.29, 0.717) is 11.4 Å². The molecular formula is C24H23F2N7O2. The molecule has 1 fully saturated rings. The summed E-state index contributed by atoms with van der Waals surface area (Å²) in [6, 6.07) is 8.01. The van der Waals surface area contributed by atoms with Crippen LogP contribution in [0.1, 0.15) is 35.8 Å². The molecule has 4 aromatic rings. The van der Waals surface area contributed by atoms with E-state index in [-0.39, 0.29) is 30.7 Å². The minimum atomic E-state index is -3.31. The van der Waals surface area contributed by atoms with Crippen LogP contribution >= 0.6 is 0 Å². The fourth-order valence-electron chi connectivity index (χ4n) is 3.84. The summed E-state index contributed by atoms with van der Waals surface area (Å²) >= 11 is 0. The first kappa shape index (κ1) is 22.6. The molecule has 0 bridgehead atoms. The lowest BCUT2D eigenvalue weighted by Crippen LogP contribution is -2.36. The lowest BCUT2D eigenvalue weighted by molar-refractivity contribution is -0.121. The van der Waals surface area contributed by atoms with Crippen LogP contribution in [0.5, 0.6) is 0 Å². The Hall–Kier alpha value is -4.15. The van der Waals surface area contributed by atoms with Crippen molar-refractivity contribution < 1.29 is 13.6 Å². The maximum atomic E-state index is 14.5. The summed E-state index contributed by atoms with van der Waals surface area (Å²) in [5.74, 6) is -3.80. The number of aromatic amines is 1. The number of halogens is 2. The molecule has 4 heterocycles. The van der Waals surface area contributed by atoms with Crippen molar-refractivity contribution in [2.75, 3.05) is 11.9 Å². The van der Waals surface area contributed by atoms with Crippen molar-refractivity contribution in [3.05, 3.63) is 82.6 Å². The number of rotatable bonds is 9. The molecule has 0 atom stereocenters. The van der Waals surface area contributed by atoms with E-state index in [1.165, 1.54) is 29.1 Å². The fraction of sp³-hybridized carbons (Fsp3) is 0.292. The van der Waals surface area contributed by atoms with E-state index >= 15 is 0 Å². The number of carbonyl (C=O) groups excluding carboxylic acids is 1. The van der Waals surface area contributed by atoms with Gasteiger partial charge in [-0.25, -0.2) is 4.98 Å². The van der Waals surface area contributed by atoms with Gasteiger partial charge in [0.05, 0.1) is 30.5 Å². The molecule has 1 saturated carbocycles. The van der Waals surface area contributed by atoms with Crippen LogP contribution in [-0.2, 0) is 23.8 Å². The summed E-state index contributed by atoms with van der Waals surface area (Å²) < 4.78 is 30.3. The van der Waals surface area contributed by atoms with Crippen LogP contribution in [0, 0.1) is 0 Å². The van der Waals surface area contributed by atoms with Gasteiger partial charge in [0.25, 0.3) is 5.56 Å². The van der Waals surface area contributed by atoms with E-state index < -0.39 is 23.7 Å². The third kappa shape index (κ3) is 5.03. The van der Waals surface area contributed by atoms with Gasteiger partial charge in [-0.05, 0) is 37.1 Å². The molecule has 3 N–H and O–H groups in total. The zero-order valence-electron chi connectivity index (χ0n) is 18.7. The van der Waals surface area contributed by atoms with E-state index in [9.17, 15) is 18.4 Å². The summed E-state index contributed by atoms with van der Waals surface area (Å²) in [5, 5.41) is 6.20. The second-order valence-corrected chi connectivity index (χ2v) is 8.49. The largest absolute Gasteiger partial charge is 0.360 e. The highest BCUT2D eigenvalue weighted by atomic mass is 19.3. The molecule has 35 heavy (non-hydrogen) atoms. The number of pyridine rings is 2. The second-order valence-electron chi connectivity index (χ2n) is 8.49. The van der Waals surface area contributed by atoms with Crippen LogP contribution in [0.2, 0.25) is 0 Å². The topological polar surface area (TPSA) is 118 Å². The van der Waals surface area contributed by atoms with Crippen LogP contribution in [0.15, 0.2) is 59.9 Å². The van der Waals surface area contributed by atoms with E-state index in [1.54, 1.807) is 12.3 Å². The molecule has 0 aliphatic heterocycles. The Bertz CT molecular complexity index is 1410. The van der Waals surface area contributed by atoms with Crippen LogP contribution in [0.4, 0.5) is 14.6 Å². The third-order valence-electron chi connectivity index (χ3n) is 5.86. The summed E-state index contributed by atoms with van der Waals surface area (Å²) in [6.45, 7) is -0.903. The predicted octanol–water partition coefficient (Wildman–Crippen LogP) is 2.91. The SMILES string of the molecule is O=C(Cn1c(C2CC2)cnc(NCC(F)(F)c2ccccn2)c1=O)NCc1cc2cc[nH]c2cn1. The first-order chi connectivity index (χ1) is 16.9. The Morgan fingerprint density at radius 2 is 2.03 bits per heavy atom. The number of hydrogen-bond donors (Lipinski definition) is 3.